The number of hydrogen-bond acceptors (Lipinski definition) is 2. The molecule has 0 saturated carbocycles. The summed E-state index contributed by atoms with van der Waals surface area (Å²) in [5, 5.41) is 0. The van der Waals surface area contributed by atoms with E-state index in [-0.39, 0.29) is 0 Å². The minimum absolute atomic E-state index is 0.626. The molecule has 118 valence electrons. The van der Waals surface area contributed by atoms with Gasteiger partial charge < -0.3 is 5.73 Å². The molecular weight excluding hydrogens is 282 g/mol. The largest absolute Gasteiger partial charge is 0.330 e. The van der Waals surface area contributed by atoms with Gasteiger partial charge in [0.1, 0.15) is 5.65 Å². The van der Waals surface area contributed by atoms with Crippen LogP contribution in [0.25, 0.3) is 16.9 Å². The Bertz CT molecular complexity index is 861. The summed E-state index contributed by atoms with van der Waals surface area (Å²) in [5.74, 6) is 0. The Hall–Kier alpha value is -2.13. The molecule has 23 heavy (non-hydrogen) atoms. The van der Waals surface area contributed by atoms with Gasteiger partial charge in [-0.1, -0.05) is 18.2 Å². The van der Waals surface area contributed by atoms with Crippen LogP contribution in [0.5, 0.6) is 0 Å². The molecule has 2 N–H and O–H groups in total. The fourth-order valence-electron chi connectivity index (χ4n) is 3.79. The number of benzene rings is 1. The Kier molecular flexibility index (Phi) is 3.66. The van der Waals surface area contributed by atoms with Crippen molar-refractivity contribution >= 4 is 5.65 Å². The SMILES string of the molecule is Cc1cccc2nc(CCN)c(-c3ccc4c(c3)CCCC4)n12. The third kappa shape index (κ3) is 2.45. The first-order valence-electron chi connectivity index (χ1n) is 8.57. The van der Waals surface area contributed by atoms with Crippen LogP contribution in [0, 0.1) is 6.92 Å². The van der Waals surface area contributed by atoms with Crippen molar-refractivity contribution in [2.45, 2.75) is 39.0 Å². The van der Waals surface area contributed by atoms with Crippen LogP contribution in [0.1, 0.15) is 35.4 Å². The van der Waals surface area contributed by atoms with E-state index in [0.717, 1.165) is 17.8 Å². The summed E-state index contributed by atoms with van der Waals surface area (Å²) in [4.78, 5) is 4.83. The number of hydrogen-bond donors (Lipinski definition) is 1. The normalized spacial score (nSPS) is 14.2. The Morgan fingerprint density at radius 2 is 1.91 bits per heavy atom. The van der Waals surface area contributed by atoms with E-state index in [0.29, 0.717) is 6.54 Å². The van der Waals surface area contributed by atoms with Gasteiger partial charge in [0.2, 0.25) is 0 Å². The Labute approximate surface area is 137 Å². The number of fused-ring (bicyclic) bond motifs is 2. The van der Waals surface area contributed by atoms with Gasteiger partial charge in [-0.05, 0) is 68.5 Å². The van der Waals surface area contributed by atoms with Gasteiger partial charge in [-0.25, -0.2) is 4.98 Å². The van der Waals surface area contributed by atoms with Crippen molar-refractivity contribution in [2.24, 2.45) is 5.73 Å². The molecule has 1 aliphatic carbocycles. The van der Waals surface area contributed by atoms with E-state index in [1.165, 1.54) is 53.8 Å². The summed E-state index contributed by atoms with van der Waals surface area (Å²) in [7, 11) is 0. The summed E-state index contributed by atoms with van der Waals surface area (Å²) in [6, 6.07) is 13.2. The van der Waals surface area contributed by atoms with Gasteiger partial charge in [-0.3, -0.25) is 4.40 Å². The van der Waals surface area contributed by atoms with Gasteiger partial charge in [0.05, 0.1) is 11.4 Å². The predicted molar refractivity (Wildman–Crippen MR) is 94.8 cm³/mol. The molecule has 0 aliphatic heterocycles. The molecule has 0 spiro atoms. The number of rotatable bonds is 3. The number of pyridine rings is 1. The molecule has 3 aromatic rings. The van der Waals surface area contributed by atoms with Gasteiger partial charge in [0, 0.05) is 17.7 Å². The van der Waals surface area contributed by atoms with Crippen LogP contribution in [0.15, 0.2) is 36.4 Å². The summed E-state index contributed by atoms with van der Waals surface area (Å²) < 4.78 is 2.27. The molecule has 0 saturated heterocycles. The van der Waals surface area contributed by atoms with Crippen molar-refractivity contribution in [3.05, 3.63) is 58.9 Å². The average molecular weight is 305 g/mol. The number of aromatic nitrogens is 2. The van der Waals surface area contributed by atoms with Gasteiger partial charge >= 0.3 is 0 Å². The Morgan fingerprint density at radius 1 is 1.09 bits per heavy atom. The average Bonchev–Trinajstić information content (AvgIpc) is 2.94. The lowest BCUT2D eigenvalue weighted by Crippen LogP contribution is -2.06. The van der Waals surface area contributed by atoms with E-state index in [1.807, 2.05) is 0 Å². The number of aryl methyl sites for hydroxylation is 3. The van der Waals surface area contributed by atoms with Gasteiger partial charge in [-0.2, -0.15) is 0 Å². The van der Waals surface area contributed by atoms with E-state index in [2.05, 4.69) is 47.7 Å². The molecule has 0 amide bonds. The molecule has 0 fully saturated rings. The van der Waals surface area contributed by atoms with Crippen LogP contribution in [-0.2, 0) is 19.3 Å². The Balaban J connectivity index is 1.95. The second-order valence-electron chi connectivity index (χ2n) is 6.50. The van der Waals surface area contributed by atoms with Gasteiger partial charge in [-0.15, -0.1) is 0 Å². The van der Waals surface area contributed by atoms with Crippen LogP contribution >= 0.6 is 0 Å². The van der Waals surface area contributed by atoms with Crippen molar-refractivity contribution in [1.82, 2.24) is 9.38 Å². The van der Waals surface area contributed by atoms with E-state index < -0.39 is 0 Å². The highest BCUT2D eigenvalue weighted by molar-refractivity contribution is 5.69. The lowest BCUT2D eigenvalue weighted by molar-refractivity contribution is 0.686. The van der Waals surface area contributed by atoms with Crippen molar-refractivity contribution in [3.63, 3.8) is 0 Å². The number of nitrogens with zero attached hydrogens (tertiary/aromatic N) is 2. The second kappa shape index (κ2) is 5.82. The fourth-order valence-corrected chi connectivity index (χ4v) is 3.79. The molecule has 1 aliphatic rings. The summed E-state index contributed by atoms with van der Waals surface area (Å²) in [6.07, 6.45) is 5.86. The lowest BCUT2D eigenvalue weighted by atomic mass is 9.89. The predicted octanol–water partition coefficient (Wildman–Crippen LogP) is 3.69. The Morgan fingerprint density at radius 3 is 2.74 bits per heavy atom. The van der Waals surface area contributed by atoms with Crippen LogP contribution in [0.3, 0.4) is 0 Å². The van der Waals surface area contributed by atoms with Crippen LogP contribution in [-0.4, -0.2) is 15.9 Å². The zero-order chi connectivity index (χ0) is 15.8. The summed E-state index contributed by atoms with van der Waals surface area (Å²) in [6.45, 7) is 2.77. The molecule has 3 nitrogen and oxygen atoms in total. The molecule has 2 aromatic heterocycles. The van der Waals surface area contributed by atoms with E-state index in [4.69, 9.17) is 10.7 Å². The van der Waals surface area contributed by atoms with Gasteiger partial charge in [0.25, 0.3) is 0 Å². The zero-order valence-electron chi connectivity index (χ0n) is 13.7. The fraction of sp³-hybridized carbons (Fsp3) is 0.350. The third-order valence-electron chi connectivity index (χ3n) is 4.91. The maximum atomic E-state index is 5.83. The quantitative estimate of drug-likeness (QED) is 0.802. The first-order chi connectivity index (χ1) is 11.3. The summed E-state index contributed by atoms with van der Waals surface area (Å²) in [5.41, 5.74) is 14.7. The van der Waals surface area contributed by atoms with E-state index in [9.17, 15) is 0 Å². The van der Waals surface area contributed by atoms with Gasteiger partial charge in [0.15, 0.2) is 0 Å². The maximum absolute atomic E-state index is 5.83. The molecule has 3 heteroatoms. The topological polar surface area (TPSA) is 43.3 Å². The molecule has 0 bridgehead atoms. The molecular formula is C20H23N3. The molecule has 2 heterocycles. The highest BCUT2D eigenvalue weighted by atomic mass is 15.0. The number of imidazole rings is 1. The number of nitrogens with two attached hydrogens (primary N) is 1. The maximum Gasteiger partial charge on any atom is 0.137 e. The van der Waals surface area contributed by atoms with Crippen molar-refractivity contribution in [2.75, 3.05) is 6.54 Å². The van der Waals surface area contributed by atoms with Crippen molar-refractivity contribution < 1.29 is 0 Å². The van der Waals surface area contributed by atoms with Crippen molar-refractivity contribution in [3.8, 4) is 11.3 Å². The molecule has 4 rings (SSSR count). The first-order valence-corrected chi connectivity index (χ1v) is 8.57. The minimum atomic E-state index is 0.626. The first kappa shape index (κ1) is 14.5. The molecule has 0 unspecified atom stereocenters. The third-order valence-corrected chi connectivity index (χ3v) is 4.91. The second-order valence-corrected chi connectivity index (χ2v) is 6.50. The van der Waals surface area contributed by atoms with Crippen LogP contribution in [0.4, 0.5) is 0 Å². The van der Waals surface area contributed by atoms with Crippen LogP contribution in [0.2, 0.25) is 0 Å². The lowest BCUT2D eigenvalue weighted by Gasteiger charge is -2.17. The van der Waals surface area contributed by atoms with E-state index in [1.54, 1.807) is 0 Å². The smallest absolute Gasteiger partial charge is 0.137 e. The molecule has 0 atom stereocenters. The molecule has 0 radical (unpaired) electrons. The highest BCUT2D eigenvalue weighted by Gasteiger charge is 2.17. The standard InChI is InChI=1S/C20H23N3/c1-14-5-4-8-19-22-18(11-12-21)20(23(14)19)17-10-9-15-6-2-3-7-16(15)13-17/h4-5,8-10,13H,2-3,6-7,11-12,21H2,1H3. The molecule has 1 aromatic carbocycles. The summed E-state index contributed by atoms with van der Waals surface area (Å²) >= 11 is 0. The van der Waals surface area contributed by atoms with Crippen molar-refractivity contribution in [1.29, 1.82) is 0 Å². The van der Waals surface area contributed by atoms with E-state index >= 15 is 0 Å². The minimum Gasteiger partial charge on any atom is -0.330 e. The van der Waals surface area contributed by atoms with Crippen LogP contribution < -0.4 is 5.73 Å². The highest BCUT2D eigenvalue weighted by Crippen LogP contribution is 2.31. The zero-order valence-corrected chi connectivity index (χ0v) is 13.7. The monoisotopic (exact) mass is 305 g/mol.